The van der Waals surface area contributed by atoms with Crippen LogP contribution in [-0.4, -0.2) is 39.6 Å². The van der Waals surface area contributed by atoms with E-state index in [0.717, 1.165) is 11.3 Å². The van der Waals surface area contributed by atoms with Gasteiger partial charge >= 0.3 is 6.09 Å². The minimum Gasteiger partial charge on any atom is -0.454 e. The standard InChI is InChI=1S/C22H19FN2O4S2/c1-2-25-15(12-28-22(25)27)9-13-3-6-16(7-4-13)29-18-8-5-14(10-17(18)23)11-19-20(26)24-21(30)31-19/h3-10,19H,2,11-12H2,1H3,(H,24,26,30). The molecule has 2 aromatic carbocycles. The van der Waals surface area contributed by atoms with E-state index < -0.39 is 5.82 Å². The van der Waals surface area contributed by atoms with Crippen molar-refractivity contribution >= 4 is 46.4 Å². The predicted molar refractivity (Wildman–Crippen MR) is 120 cm³/mol. The van der Waals surface area contributed by atoms with Crippen LogP contribution in [0.3, 0.4) is 0 Å². The van der Waals surface area contributed by atoms with Crippen molar-refractivity contribution < 1.29 is 23.5 Å². The molecule has 0 bridgehead atoms. The molecule has 0 spiro atoms. The van der Waals surface area contributed by atoms with Crippen molar-refractivity contribution in [3.8, 4) is 11.5 Å². The number of carbonyl (C=O) groups is 2. The number of thioether (sulfide) groups is 1. The number of carbonyl (C=O) groups excluding carboxylic acids is 2. The maximum atomic E-state index is 14.5. The zero-order valence-electron chi connectivity index (χ0n) is 16.6. The molecule has 2 aromatic rings. The van der Waals surface area contributed by atoms with E-state index in [9.17, 15) is 14.0 Å². The molecule has 160 valence electrons. The van der Waals surface area contributed by atoms with Gasteiger partial charge in [-0.05, 0) is 54.8 Å². The van der Waals surface area contributed by atoms with Crippen molar-refractivity contribution in [2.75, 3.05) is 13.2 Å². The lowest BCUT2D eigenvalue weighted by molar-refractivity contribution is -0.118. The third-order valence-electron chi connectivity index (χ3n) is 4.85. The Bertz CT molecular complexity index is 1070. The Labute approximate surface area is 188 Å². The fraction of sp³-hybridized carbons (Fsp3) is 0.227. The van der Waals surface area contributed by atoms with E-state index in [2.05, 4.69) is 5.32 Å². The number of hydrogen-bond acceptors (Lipinski definition) is 6. The van der Waals surface area contributed by atoms with Gasteiger partial charge in [0.1, 0.15) is 16.7 Å². The topological polar surface area (TPSA) is 67.9 Å². The highest BCUT2D eigenvalue weighted by atomic mass is 32.2. The summed E-state index contributed by atoms with van der Waals surface area (Å²) in [5.41, 5.74) is 2.36. The average Bonchev–Trinajstić information content (AvgIpc) is 3.25. The number of nitrogens with zero attached hydrogens (tertiary/aromatic N) is 1. The van der Waals surface area contributed by atoms with Crippen LogP contribution in [0.1, 0.15) is 18.1 Å². The molecule has 1 atom stereocenters. The Hall–Kier alpha value is -2.91. The van der Waals surface area contributed by atoms with Gasteiger partial charge in [0.05, 0.1) is 10.9 Å². The first-order valence-corrected chi connectivity index (χ1v) is 10.9. The molecule has 1 unspecified atom stereocenters. The van der Waals surface area contributed by atoms with Crippen LogP contribution in [-0.2, 0) is 16.0 Å². The number of amides is 2. The summed E-state index contributed by atoms with van der Waals surface area (Å²) in [4.78, 5) is 25.0. The molecule has 0 aliphatic carbocycles. The molecule has 6 nitrogen and oxygen atoms in total. The number of ether oxygens (including phenoxy) is 2. The molecular weight excluding hydrogens is 439 g/mol. The normalized spacial score (nSPS) is 19.7. The molecule has 1 N–H and O–H groups in total. The first kappa shape index (κ1) is 21.3. The van der Waals surface area contributed by atoms with Crippen molar-refractivity contribution in [2.45, 2.75) is 18.6 Å². The summed E-state index contributed by atoms with van der Waals surface area (Å²) in [5.74, 6) is -0.0758. The number of rotatable bonds is 6. The van der Waals surface area contributed by atoms with Crippen LogP contribution in [0, 0.1) is 5.82 Å². The number of nitrogens with one attached hydrogen (secondary N) is 1. The predicted octanol–water partition coefficient (Wildman–Crippen LogP) is 4.49. The van der Waals surface area contributed by atoms with Crippen LogP contribution >= 0.6 is 24.0 Å². The molecule has 0 aromatic heterocycles. The second-order valence-corrected chi connectivity index (χ2v) is 8.84. The summed E-state index contributed by atoms with van der Waals surface area (Å²) in [6.45, 7) is 2.67. The van der Waals surface area contributed by atoms with Crippen LogP contribution in [0.25, 0.3) is 6.08 Å². The van der Waals surface area contributed by atoms with Gasteiger partial charge in [-0.3, -0.25) is 9.69 Å². The first-order valence-electron chi connectivity index (χ1n) is 9.65. The van der Waals surface area contributed by atoms with E-state index >= 15 is 0 Å². The molecule has 0 saturated carbocycles. The van der Waals surface area contributed by atoms with Gasteiger partial charge in [-0.15, -0.1) is 0 Å². The summed E-state index contributed by atoms with van der Waals surface area (Å²) < 4.78 is 25.7. The van der Waals surface area contributed by atoms with Crippen molar-refractivity contribution in [1.82, 2.24) is 10.2 Å². The maximum Gasteiger partial charge on any atom is 0.414 e. The third kappa shape index (κ3) is 4.88. The smallest absolute Gasteiger partial charge is 0.414 e. The molecule has 2 fully saturated rings. The molecule has 9 heteroatoms. The SMILES string of the molecule is CCN1C(=O)OCC1=Cc1ccc(Oc2ccc(CC3SC(=S)NC3=O)cc2F)cc1. The summed E-state index contributed by atoms with van der Waals surface area (Å²) in [7, 11) is 0. The highest BCUT2D eigenvalue weighted by Crippen LogP contribution is 2.29. The van der Waals surface area contributed by atoms with Gasteiger partial charge in [0, 0.05) is 6.54 Å². The van der Waals surface area contributed by atoms with Gasteiger partial charge < -0.3 is 14.8 Å². The fourth-order valence-corrected chi connectivity index (χ4v) is 4.62. The van der Waals surface area contributed by atoms with Gasteiger partial charge in [0.2, 0.25) is 5.91 Å². The van der Waals surface area contributed by atoms with Crippen molar-refractivity contribution in [2.24, 2.45) is 0 Å². The lowest BCUT2D eigenvalue weighted by Crippen LogP contribution is -2.25. The molecule has 4 rings (SSSR count). The number of halogens is 1. The first-order chi connectivity index (χ1) is 14.9. The van der Waals surface area contributed by atoms with Gasteiger partial charge in [0.15, 0.2) is 11.6 Å². The quantitative estimate of drug-likeness (QED) is 0.644. The Morgan fingerprint density at radius 2 is 2.06 bits per heavy atom. The summed E-state index contributed by atoms with van der Waals surface area (Å²) in [6.07, 6.45) is 1.91. The highest BCUT2D eigenvalue weighted by Gasteiger charge is 2.29. The number of cyclic esters (lactones) is 1. The van der Waals surface area contributed by atoms with Crippen LogP contribution < -0.4 is 10.1 Å². The zero-order chi connectivity index (χ0) is 22.0. The molecule has 2 aliphatic heterocycles. The van der Waals surface area contributed by atoms with E-state index in [1.807, 2.05) is 25.1 Å². The van der Waals surface area contributed by atoms with Crippen LogP contribution in [0.4, 0.5) is 9.18 Å². The fourth-order valence-electron chi connectivity index (χ4n) is 3.31. The van der Waals surface area contributed by atoms with Crippen LogP contribution in [0.5, 0.6) is 11.5 Å². The number of likely N-dealkylation sites (N-methyl/N-ethyl adjacent to an activating group) is 1. The van der Waals surface area contributed by atoms with E-state index in [1.165, 1.54) is 17.8 Å². The number of hydrogen-bond donors (Lipinski definition) is 1. The van der Waals surface area contributed by atoms with Crippen LogP contribution in [0.15, 0.2) is 48.2 Å². The minimum absolute atomic E-state index is 0.0980. The molecule has 0 radical (unpaired) electrons. The molecular formula is C22H19FN2O4S2. The Kier molecular flexibility index (Phi) is 6.24. The number of benzene rings is 2. The van der Waals surface area contributed by atoms with E-state index in [4.69, 9.17) is 21.7 Å². The van der Waals surface area contributed by atoms with Gasteiger partial charge in [-0.25, -0.2) is 9.18 Å². The highest BCUT2D eigenvalue weighted by molar-refractivity contribution is 8.24. The Morgan fingerprint density at radius 3 is 2.71 bits per heavy atom. The van der Waals surface area contributed by atoms with Crippen molar-refractivity contribution in [1.29, 1.82) is 0 Å². The maximum absolute atomic E-state index is 14.5. The molecule has 2 heterocycles. The average molecular weight is 459 g/mol. The van der Waals surface area contributed by atoms with Crippen LogP contribution in [0.2, 0.25) is 0 Å². The Balaban J connectivity index is 1.42. The van der Waals surface area contributed by atoms with E-state index in [1.54, 1.807) is 29.2 Å². The molecule has 2 aliphatic rings. The molecule has 31 heavy (non-hydrogen) atoms. The second-order valence-electron chi connectivity index (χ2n) is 6.96. The summed E-state index contributed by atoms with van der Waals surface area (Å²) >= 11 is 6.26. The lowest BCUT2D eigenvalue weighted by atomic mass is 10.1. The van der Waals surface area contributed by atoms with E-state index in [0.29, 0.717) is 28.6 Å². The largest absolute Gasteiger partial charge is 0.454 e. The van der Waals surface area contributed by atoms with Gasteiger partial charge in [0.25, 0.3) is 0 Å². The lowest BCUT2D eigenvalue weighted by Gasteiger charge is -2.12. The summed E-state index contributed by atoms with van der Waals surface area (Å²) in [6, 6.07) is 11.8. The third-order valence-corrected chi connectivity index (χ3v) is 6.22. The Morgan fingerprint density at radius 1 is 1.29 bits per heavy atom. The number of thiocarbonyl (C=S) groups is 1. The zero-order valence-corrected chi connectivity index (χ0v) is 18.2. The molecule has 2 saturated heterocycles. The van der Waals surface area contributed by atoms with Crippen molar-refractivity contribution in [3.63, 3.8) is 0 Å². The second kappa shape index (κ2) is 9.07. The van der Waals surface area contributed by atoms with Gasteiger partial charge in [-0.2, -0.15) is 0 Å². The monoisotopic (exact) mass is 458 g/mol. The van der Waals surface area contributed by atoms with Gasteiger partial charge in [-0.1, -0.05) is 42.2 Å². The molecule has 2 amide bonds. The van der Waals surface area contributed by atoms with Crippen molar-refractivity contribution in [3.05, 3.63) is 65.1 Å². The minimum atomic E-state index is -0.505. The summed E-state index contributed by atoms with van der Waals surface area (Å²) in [5, 5.41) is 2.24. The van der Waals surface area contributed by atoms with E-state index in [-0.39, 0.29) is 29.6 Å².